The third-order valence-corrected chi connectivity index (χ3v) is 4.84. The predicted octanol–water partition coefficient (Wildman–Crippen LogP) is 3.44. The van der Waals surface area contributed by atoms with Crippen LogP contribution in [0.5, 0.6) is 0 Å². The highest BCUT2D eigenvalue weighted by Gasteiger charge is 2.23. The molecule has 84 valence electrons. The Morgan fingerprint density at radius 1 is 1.25 bits per heavy atom. The molecule has 0 aliphatic rings. The molecule has 0 aliphatic heterocycles. The Morgan fingerprint density at radius 3 is 2.56 bits per heavy atom. The first-order valence-electron chi connectivity index (χ1n) is 5.75. The molecule has 0 radical (unpaired) electrons. The van der Waals surface area contributed by atoms with Crippen molar-refractivity contribution in [2.24, 2.45) is 0 Å². The van der Waals surface area contributed by atoms with Crippen LogP contribution in [-0.2, 0) is 6.42 Å². The first-order chi connectivity index (χ1) is 7.54. The summed E-state index contributed by atoms with van der Waals surface area (Å²) in [4.78, 5) is 3.60. The van der Waals surface area contributed by atoms with E-state index in [-0.39, 0.29) is 0 Å². The molecule has 0 amide bonds. The third kappa shape index (κ3) is 1.85. The zero-order valence-electron chi connectivity index (χ0n) is 10.3. The smallest absolute Gasteiger partial charge is 0.0985 e. The van der Waals surface area contributed by atoms with Crippen molar-refractivity contribution < 1.29 is 0 Å². The van der Waals surface area contributed by atoms with E-state index in [1.165, 1.54) is 21.8 Å². The van der Waals surface area contributed by atoms with E-state index >= 15 is 0 Å². The summed E-state index contributed by atoms with van der Waals surface area (Å²) in [7, 11) is -1.30. The summed E-state index contributed by atoms with van der Waals surface area (Å²) in [5.41, 5.74) is 2.71. The van der Waals surface area contributed by atoms with Crippen LogP contribution < -0.4 is 5.32 Å². The van der Waals surface area contributed by atoms with Gasteiger partial charge in [0.25, 0.3) is 0 Å². The van der Waals surface area contributed by atoms with Crippen molar-refractivity contribution in [3.05, 3.63) is 42.5 Å². The molecule has 16 heavy (non-hydrogen) atoms. The Hall–Kier alpha value is -1.28. The van der Waals surface area contributed by atoms with Gasteiger partial charge in [-0.3, -0.25) is 0 Å². The molecule has 0 unspecified atom stereocenters. The molecule has 0 saturated carbocycles. The molecule has 2 rings (SSSR count). The Kier molecular flexibility index (Phi) is 2.76. The fourth-order valence-electron chi connectivity index (χ4n) is 2.20. The number of aromatic amines is 1. The van der Waals surface area contributed by atoms with Crippen LogP contribution in [0.4, 0.5) is 0 Å². The van der Waals surface area contributed by atoms with Crippen LogP contribution in [0, 0.1) is 0 Å². The highest BCUT2D eigenvalue weighted by Crippen LogP contribution is 2.20. The number of fused-ring (bicyclic) bond motifs is 1. The number of aromatic nitrogens is 1. The minimum Gasteiger partial charge on any atom is -0.362 e. The van der Waals surface area contributed by atoms with E-state index < -0.39 is 8.07 Å². The summed E-state index contributed by atoms with van der Waals surface area (Å²) in [5, 5.41) is 2.83. The highest BCUT2D eigenvalue weighted by atomic mass is 28.3. The lowest BCUT2D eigenvalue weighted by Gasteiger charge is -2.16. The van der Waals surface area contributed by atoms with Crippen molar-refractivity contribution in [2.45, 2.75) is 26.1 Å². The molecule has 1 heterocycles. The molecule has 0 saturated heterocycles. The van der Waals surface area contributed by atoms with E-state index in [1.807, 2.05) is 6.08 Å². The third-order valence-electron chi connectivity index (χ3n) is 2.91. The van der Waals surface area contributed by atoms with Gasteiger partial charge in [0.15, 0.2) is 0 Å². The largest absolute Gasteiger partial charge is 0.362 e. The number of allylic oxidation sites excluding steroid dienone is 1. The molecule has 0 spiro atoms. The summed E-state index contributed by atoms with van der Waals surface area (Å²) < 4.78 is 0. The van der Waals surface area contributed by atoms with E-state index in [2.05, 4.69) is 55.5 Å². The molecular formula is C14H19NSi. The number of rotatable bonds is 3. The van der Waals surface area contributed by atoms with Crippen molar-refractivity contribution in [1.82, 2.24) is 4.98 Å². The molecule has 2 aromatic rings. The second-order valence-electron chi connectivity index (χ2n) is 5.27. The van der Waals surface area contributed by atoms with Gasteiger partial charge in [-0.05, 0) is 18.1 Å². The van der Waals surface area contributed by atoms with E-state index in [4.69, 9.17) is 0 Å². The van der Waals surface area contributed by atoms with Gasteiger partial charge in [-0.25, -0.2) is 0 Å². The summed E-state index contributed by atoms with van der Waals surface area (Å²) in [6.45, 7) is 11.0. The van der Waals surface area contributed by atoms with Crippen LogP contribution in [0.3, 0.4) is 0 Å². The van der Waals surface area contributed by atoms with Gasteiger partial charge in [0, 0.05) is 16.2 Å². The number of H-pyrrole nitrogens is 1. The zero-order chi connectivity index (χ0) is 11.8. The number of nitrogens with one attached hydrogen (secondary N) is 1. The van der Waals surface area contributed by atoms with Crippen LogP contribution in [0.1, 0.15) is 5.56 Å². The fraction of sp³-hybridized carbons (Fsp3) is 0.286. The van der Waals surface area contributed by atoms with Gasteiger partial charge in [-0.2, -0.15) is 0 Å². The van der Waals surface area contributed by atoms with Gasteiger partial charge in [0.05, 0.1) is 8.07 Å². The zero-order valence-corrected chi connectivity index (χ0v) is 11.3. The molecule has 1 aromatic heterocycles. The Labute approximate surface area is 98.2 Å². The molecule has 1 nitrogen and oxygen atoms in total. The van der Waals surface area contributed by atoms with E-state index in [0.717, 1.165) is 6.42 Å². The average molecular weight is 229 g/mol. The normalized spacial score (nSPS) is 11.9. The van der Waals surface area contributed by atoms with Crippen molar-refractivity contribution in [2.75, 3.05) is 0 Å². The monoisotopic (exact) mass is 229 g/mol. The standard InChI is InChI=1S/C14H19NSi/c1-5-8-12-11-9-6-7-10-13(11)15-14(12)16(2,3)4/h5-7,9-10,15H,1,8H2,2-4H3. The van der Waals surface area contributed by atoms with Gasteiger partial charge in [-0.15, -0.1) is 6.58 Å². The SMILES string of the molecule is C=CCc1c([Si](C)(C)C)[nH]c2ccccc12. The first kappa shape index (κ1) is 11.2. The Morgan fingerprint density at radius 2 is 1.94 bits per heavy atom. The van der Waals surface area contributed by atoms with Crippen molar-refractivity contribution in [3.63, 3.8) is 0 Å². The lowest BCUT2D eigenvalue weighted by Crippen LogP contribution is -2.40. The number of benzene rings is 1. The first-order valence-corrected chi connectivity index (χ1v) is 9.25. The molecule has 0 bridgehead atoms. The van der Waals surface area contributed by atoms with Crippen molar-refractivity contribution in [3.8, 4) is 0 Å². The predicted molar refractivity (Wildman–Crippen MR) is 75.2 cm³/mol. The fourth-order valence-corrected chi connectivity index (χ4v) is 3.85. The summed E-state index contributed by atoms with van der Waals surface area (Å²) in [5.74, 6) is 0. The van der Waals surface area contributed by atoms with E-state index in [0.29, 0.717) is 0 Å². The van der Waals surface area contributed by atoms with Gasteiger partial charge in [-0.1, -0.05) is 43.9 Å². The minimum absolute atomic E-state index is 0.962. The van der Waals surface area contributed by atoms with E-state index in [9.17, 15) is 0 Å². The summed E-state index contributed by atoms with van der Waals surface area (Å²) >= 11 is 0. The minimum atomic E-state index is -1.30. The topological polar surface area (TPSA) is 15.8 Å². The maximum absolute atomic E-state index is 3.87. The molecule has 0 atom stereocenters. The number of hydrogen-bond donors (Lipinski definition) is 1. The van der Waals surface area contributed by atoms with Crippen LogP contribution in [0.2, 0.25) is 19.6 Å². The molecular weight excluding hydrogens is 210 g/mol. The molecule has 0 aliphatic carbocycles. The summed E-state index contributed by atoms with van der Waals surface area (Å²) in [6, 6.07) is 8.56. The van der Waals surface area contributed by atoms with E-state index in [1.54, 1.807) is 0 Å². The Bertz CT molecular complexity index is 517. The van der Waals surface area contributed by atoms with Crippen LogP contribution in [0.15, 0.2) is 36.9 Å². The number of para-hydroxylation sites is 1. The maximum Gasteiger partial charge on any atom is 0.0985 e. The Balaban J connectivity index is 2.72. The molecule has 2 heteroatoms. The summed E-state index contributed by atoms with van der Waals surface area (Å²) in [6.07, 6.45) is 2.96. The van der Waals surface area contributed by atoms with Crippen LogP contribution in [-0.4, -0.2) is 13.1 Å². The molecule has 1 aromatic carbocycles. The van der Waals surface area contributed by atoms with Crippen molar-refractivity contribution in [1.29, 1.82) is 0 Å². The van der Waals surface area contributed by atoms with Crippen LogP contribution >= 0.6 is 0 Å². The quantitative estimate of drug-likeness (QED) is 0.613. The highest BCUT2D eigenvalue weighted by molar-refractivity contribution is 6.88. The second kappa shape index (κ2) is 3.94. The molecule has 0 fully saturated rings. The lowest BCUT2D eigenvalue weighted by molar-refractivity contribution is 1.31. The van der Waals surface area contributed by atoms with Gasteiger partial charge >= 0.3 is 0 Å². The van der Waals surface area contributed by atoms with Gasteiger partial charge in [0.2, 0.25) is 0 Å². The average Bonchev–Trinajstić information content (AvgIpc) is 2.58. The van der Waals surface area contributed by atoms with Crippen molar-refractivity contribution >= 4 is 24.3 Å². The molecule has 1 N–H and O–H groups in total. The lowest BCUT2D eigenvalue weighted by atomic mass is 10.1. The van der Waals surface area contributed by atoms with Gasteiger partial charge < -0.3 is 4.98 Å². The maximum atomic E-state index is 3.87. The second-order valence-corrected chi connectivity index (χ2v) is 10.3. The van der Waals surface area contributed by atoms with Crippen LogP contribution in [0.25, 0.3) is 10.9 Å². The number of hydrogen-bond acceptors (Lipinski definition) is 0. The van der Waals surface area contributed by atoms with Gasteiger partial charge in [0.1, 0.15) is 0 Å².